The van der Waals surface area contributed by atoms with Crippen molar-refractivity contribution in [1.82, 2.24) is 5.32 Å². The summed E-state index contributed by atoms with van der Waals surface area (Å²) in [5.41, 5.74) is 7.52. The van der Waals surface area contributed by atoms with Gasteiger partial charge in [0.05, 0.1) is 11.5 Å². The van der Waals surface area contributed by atoms with E-state index in [0.717, 1.165) is 5.56 Å². The Morgan fingerprint density at radius 3 is 2.00 bits per heavy atom. The van der Waals surface area contributed by atoms with Gasteiger partial charge in [-0.1, -0.05) is 38.1 Å². The minimum atomic E-state index is -0.522. The van der Waals surface area contributed by atoms with Gasteiger partial charge in [-0.3, -0.25) is 4.79 Å². The van der Waals surface area contributed by atoms with Crippen LogP contribution in [0.1, 0.15) is 57.7 Å². The largest absolute Gasteiger partial charge is 0.349 e. The third-order valence-corrected chi connectivity index (χ3v) is 3.58. The van der Waals surface area contributed by atoms with Crippen LogP contribution in [0.5, 0.6) is 0 Å². The number of hydrogen-bond acceptors (Lipinski definition) is 2. The third-order valence-electron chi connectivity index (χ3n) is 3.58. The predicted molar refractivity (Wildman–Crippen MR) is 87.2 cm³/mol. The minimum absolute atomic E-state index is 0. The molecule has 0 saturated heterocycles. The van der Waals surface area contributed by atoms with E-state index in [1.807, 2.05) is 20.8 Å². The summed E-state index contributed by atoms with van der Waals surface area (Å²) in [6.07, 6.45) is 0. The molecule has 20 heavy (non-hydrogen) atoms. The van der Waals surface area contributed by atoms with Crippen LogP contribution in [-0.2, 0) is 4.79 Å². The van der Waals surface area contributed by atoms with Crippen LogP contribution < -0.4 is 11.1 Å². The van der Waals surface area contributed by atoms with Crippen LogP contribution in [0.25, 0.3) is 0 Å². The number of carbonyl (C=O) groups is 1. The fraction of sp³-hybridized carbons (Fsp3) is 0.562. The molecule has 3 nitrogen and oxygen atoms in total. The van der Waals surface area contributed by atoms with Crippen molar-refractivity contribution in [3.05, 3.63) is 35.4 Å². The molecule has 0 aromatic heterocycles. The van der Waals surface area contributed by atoms with Crippen molar-refractivity contribution in [2.24, 2.45) is 11.1 Å². The van der Waals surface area contributed by atoms with Crippen LogP contribution in [0.15, 0.2) is 24.3 Å². The maximum Gasteiger partial charge on any atom is 0.227 e. The molecule has 0 radical (unpaired) electrons. The Morgan fingerprint density at radius 2 is 1.60 bits per heavy atom. The lowest BCUT2D eigenvalue weighted by atomic mass is 9.92. The van der Waals surface area contributed by atoms with Gasteiger partial charge in [0.2, 0.25) is 5.91 Å². The van der Waals surface area contributed by atoms with E-state index in [9.17, 15) is 4.79 Å². The Labute approximate surface area is 128 Å². The van der Waals surface area contributed by atoms with E-state index in [2.05, 4.69) is 43.4 Å². The second-order valence-electron chi connectivity index (χ2n) is 6.10. The second-order valence-corrected chi connectivity index (χ2v) is 6.10. The zero-order chi connectivity index (χ0) is 14.6. The van der Waals surface area contributed by atoms with Crippen LogP contribution >= 0.6 is 12.4 Å². The van der Waals surface area contributed by atoms with E-state index in [1.54, 1.807) is 0 Å². The zero-order valence-corrected chi connectivity index (χ0v) is 13.9. The summed E-state index contributed by atoms with van der Waals surface area (Å²) in [6.45, 7) is 10.4. The van der Waals surface area contributed by atoms with E-state index in [0.29, 0.717) is 12.5 Å². The molecule has 0 saturated carbocycles. The van der Waals surface area contributed by atoms with Gasteiger partial charge >= 0.3 is 0 Å². The maximum atomic E-state index is 12.1. The highest BCUT2D eigenvalue weighted by molar-refractivity contribution is 5.85. The van der Waals surface area contributed by atoms with Crippen LogP contribution in [0.4, 0.5) is 0 Å². The van der Waals surface area contributed by atoms with E-state index in [-0.39, 0.29) is 24.4 Å². The Morgan fingerprint density at radius 1 is 1.15 bits per heavy atom. The average Bonchev–Trinajstić information content (AvgIpc) is 2.38. The van der Waals surface area contributed by atoms with Crippen molar-refractivity contribution < 1.29 is 4.79 Å². The SMILES string of the molecule is CC(C)c1ccc(C(C)NC(=O)C(C)(C)CN)cc1.Cl. The highest BCUT2D eigenvalue weighted by Gasteiger charge is 2.26. The Hall–Kier alpha value is -1.06. The molecule has 1 amide bonds. The van der Waals surface area contributed by atoms with Gasteiger partial charge in [-0.05, 0) is 37.8 Å². The molecular formula is C16H27ClN2O. The third kappa shape index (κ3) is 4.80. The number of nitrogens with two attached hydrogens (primary N) is 1. The first-order valence-corrected chi connectivity index (χ1v) is 6.89. The number of nitrogens with one attached hydrogen (secondary N) is 1. The first kappa shape index (κ1) is 18.9. The molecule has 0 spiro atoms. The Kier molecular flexibility index (Phi) is 7.25. The number of rotatable bonds is 5. The summed E-state index contributed by atoms with van der Waals surface area (Å²) in [4.78, 5) is 12.1. The predicted octanol–water partition coefficient (Wildman–Crippen LogP) is 3.39. The molecule has 1 unspecified atom stereocenters. The number of halogens is 1. The molecule has 0 aliphatic heterocycles. The number of hydrogen-bond donors (Lipinski definition) is 2. The molecule has 1 aromatic carbocycles. The average molecular weight is 299 g/mol. The highest BCUT2D eigenvalue weighted by Crippen LogP contribution is 2.20. The summed E-state index contributed by atoms with van der Waals surface area (Å²) in [5.74, 6) is 0.519. The summed E-state index contributed by atoms with van der Waals surface area (Å²) < 4.78 is 0. The lowest BCUT2D eigenvalue weighted by Gasteiger charge is -2.24. The van der Waals surface area contributed by atoms with Gasteiger partial charge < -0.3 is 11.1 Å². The van der Waals surface area contributed by atoms with Crippen molar-refractivity contribution in [3.63, 3.8) is 0 Å². The van der Waals surface area contributed by atoms with Crippen molar-refractivity contribution in [3.8, 4) is 0 Å². The lowest BCUT2D eigenvalue weighted by Crippen LogP contribution is -2.42. The molecular weight excluding hydrogens is 272 g/mol. The first-order valence-electron chi connectivity index (χ1n) is 6.89. The maximum absolute atomic E-state index is 12.1. The van der Waals surface area contributed by atoms with Crippen LogP contribution in [0, 0.1) is 5.41 Å². The van der Waals surface area contributed by atoms with Gasteiger partial charge in [0.1, 0.15) is 0 Å². The van der Waals surface area contributed by atoms with Gasteiger partial charge in [-0.25, -0.2) is 0 Å². The van der Waals surface area contributed by atoms with Crippen molar-refractivity contribution in [1.29, 1.82) is 0 Å². The normalized spacial score (nSPS) is 12.8. The van der Waals surface area contributed by atoms with Gasteiger partial charge in [0, 0.05) is 6.54 Å². The molecule has 3 N–H and O–H groups in total. The summed E-state index contributed by atoms with van der Waals surface area (Å²) in [6, 6.07) is 8.40. The molecule has 4 heteroatoms. The van der Waals surface area contributed by atoms with Gasteiger partial charge in [0.15, 0.2) is 0 Å². The number of carbonyl (C=O) groups excluding carboxylic acids is 1. The number of amides is 1. The number of benzene rings is 1. The molecule has 1 atom stereocenters. The fourth-order valence-corrected chi connectivity index (χ4v) is 1.74. The monoisotopic (exact) mass is 298 g/mol. The van der Waals surface area contributed by atoms with Crippen molar-refractivity contribution in [2.75, 3.05) is 6.54 Å². The van der Waals surface area contributed by atoms with Crippen molar-refractivity contribution >= 4 is 18.3 Å². The van der Waals surface area contributed by atoms with Crippen LogP contribution in [0.3, 0.4) is 0 Å². The fourth-order valence-electron chi connectivity index (χ4n) is 1.74. The second kappa shape index (κ2) is 7.65. The van der Waals surface area contributed by atoms with Crippen molar-refractivity contribution in [2.45, 2.75) is 46.6 Å². The standard InChI is InChI=1S/C16H26N2O.ClH/c1-11(2)13-6-8-14(9-7-13)12(3)18-15(19)16(4,5)10-17;/h6-9,11-12H,10,17H2,1-5H3,(H,18,19);1H. The highest BCUT2D eigenvalue weighted by atomic mass is 35.5. The molecule has 0 bridgehead atoms. The summed E-state index contributed by atoms with van der Waals surface area (Å²) in [7, 11) is 0. The van der Waals surface area contributed by atoms with E-state index in [1.165, 1.54) is 5.56 Å². The van der Waals surface area contributed by atoms with E-state index < -0.39 is 5.41 Å². The molecule has 0 heterocycles. The Balaban J connectivity index is 0.00000361. The van der Waals surface area contributed by atoms with Gasteiger partial charge in [0.25, 0.3) is 0 Å². The van der Waals surface area contributed by atoms with Gasteiger partial charge in [-0.2, -0.15) is 0 Å². The first-order chi connectivity index (χ1) is 8.77. The smallest absolute Gasteiger partial charge is 0.227 e. The van der Waals surface area contributed by atoms with E-state index in [4.69, 9.17) is 5.73 Å². The Bertz CT molecular complexity index is 427. The lowest BCUT2D eigenvalue weighted by molar-refractivity contribution is -0.129. The molecule has 1 aromatic rings. The molecule has 0 fully saturated rings. The summed E-state index contributed by atoms with van der Waals surface area (Å²) >= 11 is 0. The molecule has 114 valence electrons. The van der Waals surface area contributed by atoms with Crippen LogP contribution in [0.2, 0.25) is 0 Å². The quantitative estimate of drug-likeness (QED) is 0.875. The zero-order valence-electron chi connectivity index (χ0n) is 13.1. The van der Waals surface area contributed by atoms with Gasteiger partial charge in [-0.15, -0.1) is 12.4 Å². The minimum Gasteiger partial charge on any atom is -0.349 e. The van der Waals surface area contributed by atoms with Crippen LogP contribution in [-0.4, -0.2) is 12.5 Å². The molecule has 0 aliphatic carbocycles. The molecule has 1 rings (SSSR count). The summed E-state index contributed by atoms with van der Waals surface area (Å²) in [5, 5.41) is 3.02. The topological polar surface area (TPSA) is 55.1 Å². The molecule has 0 aliphatic rings. The van der Waals surface area contributed by atoms with E-state index >= 15 is 0 Å².